The highest BCUT2D eigenvalue weighted by Crippen LogP contribution is 2.17. The van der Waals surface area contributed by atoms with Gasteiger partial charge in [-0.05, 0) is 17.7 Å². The van der Waals surface area contributed by atoms with Gasteiger partial charge in [0.1, 0.15) is 6.61 Å². The molecule has 2 aliphatic rings. The van der Waals surface area contributed by atoms with E-state index in [4.69, 9.17) is 4.74 Å². The Morgan fingerprint density at radius 1 is 1.13 bits per heavy atom. The second-order valence-electron chi connectivity index (χ2n) is 5.69. The SMILES string of the molecule is O=C(OCc1ccccc1)C1=CC=C(N2CCNCC2)CC=C1. The number of carbonyl (C=O) groups is 1. The summed E-state index contributed by atoms with van der Waals surface area (Å²) in [5.41, 5.74) is 2.86. The molecule has 0 aromatic heterocycles. The van der Waals surface area contributed by atoms with Crippen molar-refractivity contribution in [2.75, 3.05) is 26.2 Å². The largest absolute Gasteiger partial charge is 0.457 e. The Balaban J connectivity index is 1.61. The molecule has 1 heterocycles. The van der Waals surface area contributed by atoms with E-state index < -0.39 is 0 Å². The van der Waals surface area contributed by atoms with Gasteiger partial charge in [0, 0.05) is 38.3 Å². The Morgan fingerprint density at radius 3 is 2.70 bits per heavy atom. The summed E-state index contributed by atoms with van der Waals surface area (Å²) in [6.07, 6.45) is 8.67. The lowest BCUT2D eigenvalue weighted by molar-refractivity contribution is -0.139. The van der Waals surface area contributed by atoms with Crippen LogP contribution < -0.4 is 5.32 Å². The van der Waals surface area contributed by atoms with Gasteiger partial charge in [0.15, 0.2) is 0 Å². The lowest BCUT2D eigenvalue weighted by Crippen LogP contribution is -2.42. The highest BCUT2D eigenvalue weighted by Gasteiger charge is 2.14. The fraction of sp³-hybridized carbons (Fsp3) is 0.316. The topological polar surface area (TPSA) is 41.6 Å². The van der Waals surface area contributed by atoms with E-state index in [9.17, 15) is 4.79 Å². The van der Waals surface area contributed by atoms with Crippen molar-refractivity contribution in [2.45, 2.75) is 13.0 Å². The zero-order valence-corrected chi connectivity index (χ0v) is 13.2. The van der Waals surface area contributed by atoms with Gasteiger partial charge in [-0.3, -0.25) is 0 Å². The van der Waals surface area contributed by atoms with E-state index in [1.807, 2.05) is 54.6 Å². The molecule has 1 fully saturated rings. The summed E-state index contributed by atoms with van der Waals surface area (Å²) in [7, 11) is 0. The lowest BCUT2D eigenvalue weighted by atomic mass is 10.2. The Labute approximate surface area is 137 Å². The highest BCUT2D eigenvalue weighted by molar-refractivity contribution is 5.92. The van der Waals surface area contributed by atoms with Gasteiger partial charge >= 0.3 is 5.97 Å². The molecular weight excluding hydrogens is 288 g/mol. The molecule has 4 heteroatoms. The zero-order valence-electron chi connectivity index (χ0n) is 13.2. The number of hydrogen-bond donors (Lipinski definition) is 1. The number of esters is 1. The molecule has 0 amide bonds. The molecule has 0 unspecified atom stereocenters. The van der Waals surface area contributed by atoms with Crippen LogP contribution in [0.5, 0.6) is 0 Å². The summed E-state index contributed by atoms with van der Waals surface area (Å²) in [6.45, 7) is 4.36. The third-order valence-corrected chi connectivity index (χ3v) is 4.05. The van der Waals surface area contributed by atoms with Crippen molar-refractivity contribution >= 4 is 5.97 Å². The number of benzene rings is 1. The maximum atomic E-state index is 12.2. The maximum absolute atomic E-state index is 12.2. The Morgan fingerprint density at radius 2 is 1.91 bits per heavy atom. The Kier molecular flexibility index (Phi) is 5.27. The highest BCUT2D eigenvalue weighted by atomic mass is 16.5. The Bertz CT molecular complexity index is 626. The van der Waals surface area contributed by atoms with E-state index >= 15 is 0 Å². The van der Waals surface area contributed by atoms with Crippen molar-refractivity contribution < 1.29 is 9.53 Å². The van der Waals surface area contributed by atoms with Crippen LogP contribution in [0.25, 0.3) is 0 Å². The standard InChI is InChI=1S/C19H22N2O2/c22-19(23-15-16-5-2-1-3-6-16)17-7-4-8-18(10-9-17)21-13-11-20-12-14-21/h1-7,9-10,20H,8,11-15H2. The molecule has 1 saturated heterocycles. The van der Waals surface area contributed by atoms with Crippen LogP contribution in [0.1, 0.15) is 12.0 Å². The van der Waals surface area contributed by atoms with Gasteiger partial charge in [0.2, 0.25) is 0 Å². The average molecular weight is 310 g/mol. The van der Waals surface area contributed by atoms with Crippen molar-refractivity contribution in [1.29, 1.82) is 0 Å². The zero-order chi connectivity index (χ0) is 15.9. The molecule has 120 valence electrons. The smallest absolute Gasteiger partial charge is 0.338 e. The quantitative estimate of drug-likeness (QED) is 0.867. The van der Waals surface area contributed by atoms with E-state index in [2.05, 4.69) is 10.2 Å². The minimum absolute atomic E-state index is 0.275. The summed E-state index contributed by atoms with van der Waals surface area (Å²) in [5, 5.41) is 3.35. The molecule has 1 aromatic carbocycles. The van der Waals surface area contributed by atoms with Crippen LogP contribution in [0.3, 0.4) is 0 Å². The third-order valence-electron chi connectivity index (χ3n) is 4.05. The van der Waals surface area contributed by atoms with E-state index in [1.165, 1.54) is 5.70 Å². The van der Waals surface area contributed by atoms with E-state index in [1.54, 1.807) is 0 Å². The number of piperazine rings is 1. The van der Waals surface area contributed by atoms with Crippen molar-refractivity contribution in [1.82, 2.24) is 10.2 Å². The molecule has 1 aliphatic carbocycles. The first-order valence-electron chi connectivity index (χ1n) is 8.07. The summed E-state index contributed by atoms with van der Waals surface area (Å²) >= 11 is 0. The monoisotopic (exact) mass is 310 g/mol. The summed E-state index contributed by atoms with van der Waals surface area (Å²) < 4.78 is 5.39. The molecule has 4 nitrogen and oxygen atoms in total. The predicted octanol–water partition coefficient (Wildman–Crippen LogP) is 2.41. The molecule has 0 radical (unpaired) electrons. The molecule has 0 saturated carbocycles. The van der Waals surface area contributed by atoms with Gasteiger partial charge < -0.3 is 15.0 Å². The number of ether oxygens (including phenoxy) is 1. The minimum Gasteiger partial charge on any atom is -0.457 e. The van der Waals surface area contributed by atoms with Crippen molar-refractivity contribution in [3.8, 4) is 0 Å². The van der Waals surface area contributed by atoms with Gasteiger partial charge in [-0.25, -0.2) is 4.79 Å². The van der Waals surface area contributed by atoms with Crippen LogP contribution in [0, 0.1) is 0 Å². The van der Waals surface area contributed by atoms with E-state index in [0.29, 0.717) is 12.2 Å². The van der Waals surface area contributed by atoms with Gasteiger partial charge in [-0.15, -0.1) is 0 Å². The van der Waals surface area contributed by atoms with Gasteiger partial charge in [-0.2, -0.15) is 0 Å². The summed E-state index contributed by atoms with van der Waals surface area (Å²) in [6, 6.07) is 9.73. The number of nitrogens with zero attached hydrogens (tertiary/aromatic N) is 1. The van der Waals surface area contributed by atoms with Crippen LogP contribution >= 0.6 is 0 Å². The second-order valence-corrected chi connectivity index (χ2v) is 5.69. The van der Waals surface area contributed by atoms with Crippen LogP contribution in [0.15, 0.2) is 65.9 Å². The van der Waals surface area contributed by atoms with Gasteiger partial charge in [-0.1, -0.05) is 42.5 Å². The Hall–Kier alpha value is -2.33. The predicted molar refractivity (Wildman–Crippen MR) is 90.6 cm³/mol. The normalized spacial score (nSPS) is 18.0. The van der Waals surface area contributed by atoms with Crippen LogP contribution in [0.4, 0.5) is 0 Å². The number of hydrogen-bond acceptors (Lipinski definition) is 4. The molecule has 1 aliphatic heterocycles. The summed E-state index contributed by atoms with van der Waals surface area (Å²) in [5.74, 6) is -0.275. The average Bonchev–Trinajstić information content (AvgIpc) is 2.87. The molecular formula is C19H22N2O2. The maximum Gasteiger partial charge on any atom is 0.338 e. The number of rotatable bonds is 4. The number of allylic oxidation sites excluding steroid dienone is 3. The van der Waals surface area contributed by atoms with Crippen molar-refractivity contribution in [2.24, 2.45) is 0 Å². The molecule has 0 atom stereocenters. The molecule has 1 N–H and O–H groups in total. The van der Waals surface area contributed by atoms with Gasteiger partial charge in [0.25, 0.3) is 0 Å². The second kappa shape index (κ2) is 7.79. The molecule has 0 spiro atoms. The third kappa shape index (κ3) is 4.33. The van der Waals surface area contributed by atoms with Crippen LogP contribution in [-0.4, -0.2) is 37.0 Å². The van der Waals surface area contributed by atoms with Crippen molar-refractivity contribution in [3.05, 3.63) is 71.5 Å². The first-order valence-corrected chi connectivity index (χ1v) is 8.07. The van der Waals surface area contributed by atoms with Crippen LogP contribution in [-0.2, 0) is 16.1 Å². The molecule has 1 aromatic rings. The minimum atomic E-state index is -0.275. The van der Waals surface area contributed by atoms with Gasteiger partial charge in [0.05, 0.1) is 5.57 Å². The molecule has 23 heavy (non-hydrogen) atoms. The number of nitrogens with one attached hydrogen (secondary N) is 1. The lowest BCUT2D eigenvalue weighted by Gasteiger charge is -2.31. The van der Waals surface area contributed by atoms with E-state index in [0.717, 1.165) is 38.2 Å². The summed E-state index contributed by atoms with van der Waals surface area (Å²) in [4.78, 5) is 14.6. The molecule has 3 rings (SSSR count). The number of carbonyl (C=O) groups excluding carboxylic acids is 1. The van der Waals surface area contributed by atoms with Crippen LogP contribution in [0.2, 0.25) is 0 Å². The fourth-order valence-electron chi connectivity index (χ4n) is 2.75. The van der Waals surface area contributed by atoms with E-state index in [-0.39, 0.29) is 5.97 Å². The first kappa shape index (κ1) is 15.6. The fourth-order valence-corrected chi connectivity index (χ4v) is 2.75. The molecule has 0 bridgehead atoms. The first-order chi connectivity index (χ1) is 11.3. The van der Waals surface area contributed by atoms with Crippen molar-refractivity contribution in [3.63, 3.8) is 0 Å².